The second kappa shape index (κ2) is 9.07. The molecule has 1 fully saturated rings. The second-order valence-electron chi connectivity index (χ2n) is 7.66. The van der Waals surface area contributed by atoms with Gasteiger partial charge in [-0.05, 0) is 68.7 Å². The van der Waals surface area contributed by atoms with Gasteiger partial charge in [0.15, 0.2) is 0 Å². The van der Waals surface area contributed by atoms with Gasteiger partial charge < -0.3 is 15.0 Å². The van der Waals surface area contributed by atoms with Gasteiger partial charge in [0.2, 0.25) is 5.91 Å². The highest BCUT2D eigenvalue weighted by Crippen LogP contribution is 2.31. The molecule has 0 aromatic heterocycles. The van der Waals surface area contributed by atoms with Crippen LogP contribution in [0.15, 0.2) is 48.5 Å². The summed E-state index contributed by atoms with van der Waals surface area (Å²) in [6.07, 6.45) is 1.46. The summed E-state index contributed by atoms with van der Waals surface area (Å²) in [5.74, 6) is 0.194. The van der Waals surface area contributed by atoms with Crippen LogP contribution in [0.3, 0.4) is 0 Å². The Morgan fingerprint density at radius 2 is 1.97 bits per heavy atom. The van der Waals surface area contributed by atoms with Crippen LogP contribution in [0, 0.1) is 11.2 Å². The molecule has 2 aromatic rings. The zero-order valence-electron chi connectivity index (χ0n) is 16.9. The van der Waals surface area contributed by atoms with Crippen LogP contribution in [0.2, 0.25) is 0 Å². The van der Waals surface area contributed by atoms with Crippen molar-refractivity contribution in [2.45, 2.75) is 33.2 Å². The third-order valence-electron chi connectivity index (χ3n) is 5.29. The highest BCUT2D eigenvalue weighted by molar-refractivity contribution is 5.95. The molecule has 1 N–H and O–H groups in total. The van der Waals surface area contributed by atoms with E-state index in [0.29, 0.717) is 37.2 Å². The molecule has 1 saturated heterocycles. The Kier molecular flexibility index (Phi) is 6.52. The average Bonchev–Trinajstić information content (AvgIpc) is 2.72. The molecule has 154 valence electrons. The fourth-order valence-electron chi connectivity index (χ4n) is 3.68. The molecule has 0 radical (unpaired) electrons. The minimum Gasteiger partial charge on any atom is -0.494 e. The fourth-order valence-corrected chi connectivity index (χ4v) is 3.68. The van der Waals surface area contributed by atoms with Gasteiger partial charge in [-0.1, -0.05) is 12.1 Å². The van der Waals surface area contributed by atoms with Crippen molar-refractivity contribution in [1.29, 1.82) is 0 Å². The second-order valence-corrected chi connectivity index (χ2v) is 7.66. The molecule has 1 aliphatic rings. The van der Waals surface area contributed by atoms with Gasteiger partial charge in [0.1, 0.15) is 11.6 Å². The Labute approximate surface area is 170 Å². The van der Waals surface area contributed by atoms with Crippen molar-refractivity contribution in [3.05, 3.63) is 65.5 Å². The van der Waals surface area contributed by atoms with Gasteiger partial charge >= 0.3 is 0 Å². The zero-order chi connectivity index (χ0) is 20.9. The number of piperidine rings is 1. The minimum absolute atomic E-state index is 0.0862. The van der Waals surface area contributed by atoms with Gasteiger partial charge in [-0.15, -0.1) is 0 Å². The van der Waals surface area contributed by atoms with Gasteiger partial charge in [-0.25, -0.2) is 4.39 Å². The number of ether oxygens (including phenoxy) is 1. The lowest BCUT2D eigenvalue weighted by Gasteiger charge is -2.39. The molecule has 1 atom stereocenters. The molecule has 0 aliphatic carbocycles. The largest absolute Gasteiger partial charge is 0.494 e. The Hall–Kier alpha value is -2.89. The molecule has 0 bridgehead atoms. The SMILES string of the molecule is CCOc1ccc(C(=O)N2CCC[C@@](C)(C(=O)NCc3cccc(F)c3)C2)cc1. The first-order valence-corrected chi connectivity index (χ1v) is 9.96. The number of rotatable bonds is 6. The monoisotopic (exact) mass is 398 g/mol. The predicted molar refractivity (Wildman–Crippen MR) is 109 cm³/mol. The molecular weight excluding hydrogens is 371 g/mol. The minimum atomic E-state index is -0.674. The number of nitrogens with one attached hydrogen (secondary N) is 1. The average molecular weight is 398 g/mol. The highest BCUT2D eigenvalue weighted by Gasteiger charge is 2.39. The number of hydrogen-bond acceptors (Lipinski definition) is 3. The Balaban J connectivity index is 1.63. The summed E-state index contributed by atoms with van der Waals surface area (Å²) in [7, 11) is 0. The Morgan fingerprint density at radius 1 is 1.21 bits per heavy atom. The van der Waals surface area contributed by atoms with E-state index in [2.05, 4.69) is 5.32 Å². The number of benzene rings is 2. The molecule has 2 aromatic carbocycles. The summed E-state index contributed by atoms with van der Waals surface area (Å²) in [5.41, 5.74) is 0.616. The van der Waals surface area contributed by atoms with E-state index >= 15 is 0 Å². The first-order chi connectivity index (χ1) is 13.9. The smallest absolute Gasteiger partial charge is 0.253 e. The van der Waals surface area contributed by atoms with Crippen molar-refractivity contribution in [3.8, 4) is 5.75 Å². The van der Waals surface area contributed by atoms with Gasteiger partial charge in [-0.2, -0.15) is 0 Å². The van der Waals surface area contributed by atoms with Crippen LogP contribution < -0.4 is 10.1 Å². The predicted octanol–water partition coefficient (Wildman–Crippen LogP) is 3.78. The summed E-state index contributed by atoms with van der Waals surface area (Å²) in [6, 6.07) is 13.2. The summed E-state index contributed by atoms with van der Waals surface area (Å²) < 4.78 is 18.7. The lowest BCUT2D eigenvalue weighted by atomic mass is 9.80. The lowest BCUT2D eigenvalue weighted by Crippen LogP contribution is -2.51. The van der Waals surface area contributed by atoms with Crippen molar-refractivity contribution < 1.29 is 18.7 Å². The standard InChI is InChI=1S/C23H27FN2O3/c1-3-29-20-10-8-18(9-11-20)21(27)26-13-5-12-23(2,16-26)22(28)25-15-17-6-4-7-19(24)14-17/h4,6-11,14H,3,5,12-13,15-16H2,1-2H3,(H,25,28)/t23-/m1/s1. The van der Waals surface area contributed by atoms with E-state index in [1.54, 1.807) is 41.3 Å². The van der Waals surface area contributed by atoms with Crippen molar-refractivity contribution >= 4 is 11.8 Å². The quantitative estimate of drug-likeness (QED) is 0.806. The molecule has 0 unspecified atom stereocenters. The van der Waals surface area contributed by atoms with Crippen LogP contribution in [-0.2, 0) is 11.3 Å². The van der Waals surface area contributed by atoms with E-state index in [1.807, 2.05) is 13.8 Å². The maximum atomic E-state index is 13.3. The van der Waals surface area contributed by atoms with E-state index in [4.69, 9.17) is 4.74 Å². The molecule has 1 aliphatic heterocycles. The zero-order valence-corrected chi connectivity index (χ0v) is 16.9. The summed E-state index contributed by atoms with van der Waals surface area (Å²) in [5, 5.41) is 2.90. The molecular formula is C23H27FN2O3. The number of nitrogens with zero attached hydrogens (tertiary/aromatic N) is 1. The fraction of sp³-hybridized carbons (Fsp3) is 0.391. The van der Waals surface area contributed by atoms with E-state index < -0.39 is 5.41 Å². The Morgan fingerprint density at radius 3 is 2.66 bits per heavy atom. The molecule has 2 amide bonds. The summed E-state index contributed by atoms with van der Waals surface area (Å²) >= 11 is 0. The number of hydrogen-bond donors (Lipinski definition) is 1. The van der Waals surface area contributed by atoms with Crippen molar-refractivity contribution in [1.82, 2.24) is 10.2 Å². The molecule has 3 rings (SSSR count). The third kappa shape index (κ3) is 5.13. The maximum Gasteiger partial charge on any atom is 0.253 e. The van der Waals surface area contributed by atoms with E-state index in [0.717, 1.165) is 12.2 Å². The van der Waals surface area contributed by atoms with Crippen LogP contribution >= 0.6 is 0 Å². The third-order valence-corrected chi connectivity index (χ3v) is 5.29. The van der Waals surface area contributed by atoms with E-state index in [-0.39, 0.29) is 24.2 Å². The van der Waals surface area contributed by atoms with Crippen molar-refractivity contribution in [2.75, 3.05) is 19.7 Å². The topological polar surface area (TPSA) is 58.6 Å². The van der Waals surface area contributed by atoms with E-state index in [9.17, 15) is 14.0 Å². The van der Waals surface area contributed by atoms with Gasteiger partial charge in [0.05, 0.1) is 12.0 Å². The first-order valence-electron chi connectivity index (χ1n) is 9.96. The number of carbonyl (C=O) groups excluding carboxylic acids is 2. The molecule has 0 saturated carbocycles. The summed E-state index contributed by atoms with van der Waals surface area (Å²) in [4.78, 5) is 27.5. The van der Waals surface area contributed by atoms with Gasteiger partial charge in [0.25, 0.3) is 5.91 Å². The maximum absolute atomic E-state index is 13.3. The number of amides is 2. The van der Waals surface area contributed by atoms with Gasteiger partial charge in [0, 0.05) is 25.2 Å². The van der Waals surface area contributed by atoms with Crippen LogP contribution in [0.1, 0.15) is 42.6 Å². The number of carbonyl (C=O) groups is 2. The molecule has 5 nitrogen and oxygen atoms in total. The number of likely N-dealkylation sites (tertiary alicyclic amines) is 1. The Bertz CT molecular complexity index is 869. The van der Waals surface area contributed by atoms with Crippen molar-refractivity contribution in [2.24, 2.45) is 5.41 Å². The normalized spacial score (nSPS) is 18.9. The number of halogens is 1. The van der Waals surface area contributed by atoms with Crippen LogP contribution in [0.25, 0.3) is 0 Å². The van der Waals surface area contributed by atoms with Gasteiger partial charge in [-0.3, -0.25) is 9.59 Å². The molecule has 1 heterocycles. The molecule has 6 heteroatoms. The van der Waals surface area contributed by atoms with Crippen LogP contribution in [-0.4, -0.2) is 36.4 Å². The lowest BCUT2D eigenvalue weighted by molar-refractivity contribution is -0.132. The van der Waals surface area contributed by atoms with E-state index in [1.165, 1.54) is 12.1 Å². The van der Waals surface area contributed by atoms with Crippen molar-refractivity contribution in [3.63, 3.8) is 0 Å². The highest BCUT2D eigenvalue weighted by atomic mass is 19.1. The van der Waals surface area contributed by atoms with Crippen LogP contribution in [0.4, 0.5) is 4.39 Å². The summed E-state index contributed by atoms with van der Waals surface area (Å²) in [6.45, 7) is 5.60. The van der Waals surface area contributed by atoms with Crippen LogP contribution in [0.5, 0.6) is 5.75 Å². The first kappa shape index (κ1) is 20.8. The molecule has 0 spiro atoms. The molecule has 29 heavy (non-hydrogen) atoms.